The molecule has 1 N–H and O–H groups in total. The van der Waals surface area contributed by atoms with Crippen molar-refractivity contribution in [2.45, 2.75) is 0 Å². The number of hydrogen-bond donors (Lipinski definition) is 1. The minimum absolute atomic E-state index is 0.0205. The number of fused-ring (bicyclic) bond motifs is 1. The van der Waals surface area contributed by atoms with E-state index in [9.17, 15) is 14.4 Å². The van der Waals surface area contributed by atoms with Gasteiger partial charge in [-0.1, -0.05) is 54.1 Å². The summed E-state index contributed by atoms with van der Waals surface area (Å²) in [5.41, 5.74) is 3.88. The monoisotopic (exact) mass is 563 g/mol. The van der Waals surface area contributed by atoms with E-state index in [1.54, 1.807) is 60.7 Å². The first-order chi connectivity index (χ1) is 20.0. The van der Waals surface area contributed by atoms with Crippen LogP contribution in [-0.2, 0) is 0 Å². The summed E-state index contributed by atoms with van der Waals surface area (Å²) in [6.07, 6.45) is 0. The number of rotatable bonds is 5. The molecule has 2 heterocycles. The number of benzene rings is 4. The Kier molecular flexibility index (Phi) is 7.27. The predicted molar refractivity (Wildman–Crippen MR) is 162 cm³/mol. The van der Waals surface area contributed by atoms with Crippen molar-refractivity contribution < 1.29 is 14.0 Å². The number of piperazine rings is 1. The molecule has 1 aliphatic heterocycles. The van der Waals surface area contributed by atoms with E-state index in [1.807, 2.05) is 47.4 Å². The van der Waals surface area contributed by atoms with Crippen LogP contribution in [0.4, 0.5) is 11.4 Å². The van der Waals surface area contributed by atoms with Crippen molar-refractivity contribution in [3.63, 3.8) is 0 Å². The van der Waals surface area contributed by atoms with Crippen molar-refractivity contribution in [3.05, 3.63) is 130 Å². The molecule has 0 unspecified atom stereocenters. The standard InChI is InChI=1S/C33H26ClN3O4/c34-26-15-13-24(14-16-26)32(39)37-19-17-36(18-20-37)29-7-3-2-6-28(29)35-31(38)23-11-9-22(10-12-23)27-21-25-5-1-4-8-30(25)41-33(27)40/h1-16,21H,17-20H2,(H,35,38). The van der Waals surface area contributed by atoms with Crippen LogP contribution in [0.25, 0.3) is 22.1 Å². The zero-order chi connectivity index (χ0) is 28.3. The molecule has 0 atom stereocenters. The second-order valence-electron chi connectivity index (χ2n) is 9.82. The Morgan fingerprint density at radius 1 is 0.756 bits per heavy atom. The van der Waals surface area contributed by atoms with Gasteiger partial charge in [0.15, 0.2) is 0 Å². The van der Waals surface area contributed by atoms with Gasteiger partial charge >= 0.3 is 5.63 Å². The first kappa shape index (κ1) is 26.3. The van der Waals surface area contributed by atoms with Crippen LogP contribution in [0.15, 0.2) is 112 Å². The van der Waals surface area contributed by atoms with E-state index in [0.717, 1.165) is 11.1 Å². The molecule has 204 valence electrons. The largest absolute Gasteiger partial charge is 0.422 e. The van der Waals surface area contributed by atoms with Crippen LogP contribution in [-0.4, -0.2) is 42.9 Å². The second-order valence-corrected chi connectivity index (χ2v) is 10.3. The maximum absolute atomic E-state index is 13.2. The number of nitrogens with zero attached hydrogens (tertiary/aromatic N) is 2. The smallest absolute Gasteiger partial charge is 0.344 e. The van der Waals surface area contributed by atoms with E-state index in [2.05, 4.69) is 10.2 Å². The lowest BCUT2D eigenvalue weighted by molar-refractivity contribution is 0.0746. The summed E-state index contributed by atoms with van der Waals surface area (Å²) in [6.45, 7) is 2.40. The van der Waals surface area contributed by atoms with Crippen LogP contribution in [0.1, 0.15) is 20.7 Å². The quantitative estimate of drug-likeness (QED) is 0.253. The highest BCUT2D eigenvalue weighted by atomic mass is 35.5. The van der Waals surface area contributed by atoms with Crippen molar-refractivity contribution >= 4 is 45.8 Å². The van der Waals surface area contributed by atoms with Crippen molar-refractivity contribution in [2.75, 3.05) is 36.4 Å². The molecule has 0 radical (unpaired) electrons. The molecule has 6 rings (SSSR count). The number of para-hydroxylation sites is 3. The van der Waals surface area contributed by atoms with E-state index in [-0.39, 0.29) is 11.8 Å². The molecule has 1 fully saturated rings. The normalized spacial score (nSPS) is 13.3. The topological polar surface area (TPSA) is 82.9 Å². The van der Waals surface area contributed by atoms with Crippen LogP contribution in [0.3, 0.4) is 0 Å². The Hall–Kier alpha value is -4.88. The number of carbonyl (C=O) groups excluding carboxylic acids is 2. The Balaban J connectivity index is 1.14. The highest BCUT2D eigenvalue weighted by molar-refractivity contribution is 6.30. The van der Waals surface area contributed by atoms with Gasteiger partial charge in [-0.15, -0.1) is 0 Å². The molecule has 0 saturated carbocycles. The average Bonchev–Trinajstić information content (AvgIpc) is 3.01. The van der Waals surface area contributed by atoms with E-state index >= 15 is 0 Å². The number of carbonyl (C=O) groups is 2. The van der Waals surface area contributed by atoms with Crippen LogP contribution in [0, 0.1) is 0 Å². The molecule has 0 aliphatic carbocycles. The highest BCUT2D eigenvalue weighted by Gasteiger charge is 2.24. The van der Waals surface area contributed by atoms with E-state index < -0.39 is 5.63 Å². The molecule has 0 bridgehead atoms. The van der Waals surface area contributed by atoms with Crippen molar-refractivity contribution in [1.82, 2.24) is 4.90 Å². The molecule has 4 aromatic carbocycles. The Morgan fingerprint density at radius 2 is 1.41 bits per heavy atom. The fourth-order valence-corrected chi connectivity index (χ4v) is 5.17. The fraction of sp³-hybridized carbons (Fsp3) is 0.121. The molecule has 0 spiro atoms. The molecule has 8 heteroatoms. The minimum Gasteiger partial charge on any atom is -0.422 e. The molecule has 1 aromatic heterocycles. The Labute approximate surface area is 241 Å². The summed E-state index contributed by atoms with van der Waals surface area (Å²) < 4.78 is 5.46. The second kappa shape index (κ2) is 11.3. The summed E-state index contributed by atoms with van der Waals surface area (Å²) in [4.78, 5) is 42.6. The minimum atomic E-state index is -0.426. The summed E-state index contributed by atoms with van der Waals surface area (Å²) in [6, 6.07) is 30.6. The fourth-order valence-electron chi connectivity index (χ4n) is 5.04. The summed E-state index contributed by atoms with van der Waals surface area (Å²) in [5.74, 6) is -0.279. The third kappa shape index (κ3) is 5.58. The molecule has 5 aromatic rings. The van der Waals surface area contributed by atoms with Crippen LogP contribution >= 0.6 is 11.6 Å². The van der Waals surface area contributed by atoms with Crippen molar-refractivity contribution in [2.24, 2.45) is 0 Å². The zero-order valence-electron chi connectivity index (χ0n) is 22.0. The van der Waals surface area contributed by atoms with Gasteiger partial charge in [-0.3, -0.25) is 9.59 Å². The SMILES string of the molecule is O=C(Nc1ccccc1N1CCN(C(=O)c2ccc(Cl)cc2)CC1)c1ccc(-c2cc3ccccc3oc2=O)cc1. The third-order valence-corrected chi connectivity index (χ3v) is 7.50. The van der Waals surface area contributed by atoms with Gasteiger partial charge in [0.05, 0.1) is 16.9 Å². The van der Waals surface area contributed by atoms with Crippen molar-refractivity contribution in [3.8, 4) is 11.1 Å². The number of amides is 2. The van der Waals surface area contributed by atoms with Gasteiger partial charge in [0.1, 0.15) is 5.58 Å². The Morgan fingerprint density at radius 3 is 2.17 bits per heavy atom. The summed E-state index contributed by atoms with van der Waals surface area (Å²) in [7, 11) is 0. The number of nitrogens with one attached hydrogen (secondary N) is 1. The van der Waals surface area contributed by atoms with Gasteiger partial charge in [0, 0.05) is 47.7 Å². The molecular formula is C33H26ClN3O4. The average molecular weight is 564 g/mol. The van der Waals surface area contributed by atoms with E-state index in [4.69, 9.17) is 16.0 Å². The molecule has 7 nitrogen and oxygen atoms in total. The van der Waals surface area contributed by atoms with Gasteiger partial charge in [-0.25, -0.2) is 4.79 Å². The third-order valence-electron chi connectivity index (χ3n) is 7.25. The predicted octanol–water partition coefficient (Wildman–Crippen LogP) is 6.33. The lowest BCUT2D eigenvalue weighted by Crippen LogP contribution is -2.49. The number of anilines is 2. The van der Waals surface area contributed by atoms with Gasteiger partial charge in [0.25, 0.3) is 11.8 Å². The van der Waals surface area contributed by atoms with E-state index in [1.165, 1.54) is 0 Å². The molecule has 1 saturated heterocycles. The van der Waals surface area contributed by atoms with Crippen LogP contribution in [0.2, 0.25) is 5.02 Å². The van der Waals surface area contributed by atoms with Gasteiger partial charge in [-0.2, -0.15) is 0 Å². The zero-order valence-corrected chi connectivity index (χ0v) is 22.8. The molecule has 2 amide bonds. The number of halogens is 1. The van der Waals surface area contributed by atoms with Crippen LogP contribution < -0.4 is 15.8 Å². The molecular weight excluding hydrogens is 538 g/mol. The van der Waals surface area contributed by atoms with Gasteiger partial charge in [-0.05, 0) is 66.2 Å². The maximum atomic E-state index is 13.2. The van der Waals surface area contributed by atoms with Gasteiger partial charge < -0.3 is 19.5 Å². The van der Waals surface area contributed by atoms with Gasteiger partial charge in [0.2, 0.25) is 0 Å². The molecule has 41 heavy (non-hydrogen) atoms. The Bertz CT molecular complexity index is 1790. The first-order valence-corrected chi connectivity index (χ1v) is 13.7. The number of hydrogen-bond acceptors (Lipinski definition) is 5. The first-order valence-electron chi connectivity index (χ1n) is 13.3. The summed E-state index contributed by atoms with van der Waals surface area (Å²) >= 11 is 5.96. The maximum Gasteiger partial charge on any atom is 0.344 e. The van der Waals surface area contributed by atoms with Crippen LogP contribution in [0.5, 0.6) is 0 Å². The lowest BCUT2D eigenvalue weighted by Gasteiger charge is -2.37. The van der Waals surface area contributed by atoms with Crippen molar-refractivity contribution in [1.29, 1.82) is 0 Å². The highest BCUT2D eigenvalue weighted by Crippen LogP contribution is 2.28. The lowest BCUT2D eigenvalue weighted by atomic mass is 10.0. The molecule has 1 aliphatic rings. The van der Waals surface area contributed by atoms with E-state index in [0.29, 0.717) is 64.7 Å². The summed E-state index contributed by atoms with van der Waals surface area (Å²) in [5, 5.41) is 4.46.